The summed E-state index contributed by atoms with van der Waals surface area (Å²) in [5.74, 6) is 0. The number of ether oxygens (including phenoxy) is 3. The predicted octanol–water partition coefficient (Wildman–Crippen LogP) is 5.61. The van der Waals surface area contributed by atoms with Crippen LogP contribution in [0.1, 0.15) is 61.2 Å². The van der Waals surface area contributed by atoms with E-state index in [1.165, 1.54) is 36.6 Å². The Morgan fingerprint density at radius 2 is 1.33 bits per heavy atom. The molecular formula is C44H49N3O11S2. The van der Waals surface area contributed by atoms with Gasteiger partial charge in [0.05, 0.1) is 17.8 Å². The minimum absolute atomic E-state index is 0.0351. The van der Waals surface area contributed by atoms with E-state index in [0.717, 1.165) is 27.5 Å². The number of carbonyl (C=O) groups is 1. The third-order valence-electron chi connectivity index (χ3n) is 10.1. The van der Waals surface area contributed by atoms with Gasteiger partial charge < -0.3 is 14.2 Å². The Morgan fingerprint density at radius 1 is 0.817 bits per heavy atom. The van der Waals surface area contributed by atoms with Crippen LogP contribution in [0.15, 0.2) is 136 Å². The van der Waals surface area contributed by atoms with Crippen molar-refractivity contribution in [2.75, 3.05) is 26.5 Å². The Hall–Kier alpha value is -5.23. The normalized spacial score (nSPS) is 17.5. The largest absolute Gasteiger partial charge is 0.443 e. The molecule has 14 nitrogen and oxygen atoms in total. The van der Waals surface area contributed by atoms with Crippen LogP contribution in [-0.4, -0.2) is 80.6 Å². The summed E-state index contributed by atoms with van der Waals surface area (Å²) in [6.45, 7) is 6.18. The van der Waals surface area contributed by atoms with Crippen molar-refractivity contribution in [3.63, 3.8) is 0 Å². The molecule has 0 aliphatic carbocycles. The zero-order valence-corrected chi connectivity index (χ0v) is 35.9. The number of rotatable bonds is 14. The highest BCUT2D eigenvalue weighted by atomic mass is 32.2. The number of aromatic nitrogens is 2. The lowest BCUT2D eigenvalue weighted by Crippen LogP contribution is -2.47. The third-order valence-corrected chi connectivity index (χ3v) is 12.8. The van der Waals surface area contributed by atoms with Gasteiger partial charge in [0, 0.05) is 31.8 Å². The number of likely N-dealkylation sites (N-methyl/N-ethyl adjacent to an activating group) is 1. The van der Waals surface area contributed by atoms with Gasteiger partial charge in [-0.1, -0.05) is 103 Å². The van der Waals surface area contributed by atoms with Crippen molar-refractivity contribution in [3.05, 3.63) is 170 Å². The smallest absolute Gasteiger partial charge is 0.425 e. The second kappa shape index (κ2) is 17.8. The number of nitrogens with zero attached hydrogens (tertiary/aromatic N) is 3. The van der Waals surface area contributed by atoms with Gasteiger partial charge in [0.1, 0.15) is 29.6 Å². The van der Waals surface area contributed by atoms with Crippen LogP contribution in [0.5, 0.6) is 0 Å². The van der Waals surface area contributed by atoms with Crippen LogP contribution in [0.2, 0.25) is 0 Å². The van der Waals surface area contributed by atoms with Crippen LogP contribution in [-0.2, 0) is 50.6 Å². The molecule has 16 heteroatoms. The van der Waals surface area contributed by atoms with Gasteiger partial charge in [0.15, 0.2) is 0 Å². The quantitative estimate of drug-likeness (QED) is 0.101. The molecule has 0 bridgehead atoms. The van der Waals surface area contributed by atoms with Crippen LogP contribution in [0, 0.1) is 6.92 Å². The molecule has 1 aliphatic heterocycles. The van der Waals surface area contributed by atoms with Gasteiger partial charge in [-0.25, -0.2) is 22.3 Å². The first kappa shape index (κ1) is 44.3. The summed E-state index contributed by atoms with van der Waals surface area (Å²) in [5.41, 5.74) is -1.09. The van der Waals surface area contributed by atoms with Gasteiger partial charge in [0.2, 0.25) is 10.0 Å². The fourth-order valence-corrected chi connectivity index (χ4v) is 8.50. The van der Waals surface area contributed by atoms with Crippen LogP contribution >= 0.6 is 0 Å². The molecule has 4 aromatic carbocycles. The number of sulfonamides is 1. The summed E-state index contributed by atoms with van der Waals surface area (Å²) < 4.78 is 79.2. The van der Waals surface area contributed by atoms with E-state index in [1.807, 2.05) is 91.0 Å². The van der Waals surface area contributed by atoms with Crippen LogP contribution < -0.4 is 11.2 Å². The summed E-state index contributed by atoms with van der Waals surface area (Å²) in [7, 11) is -6.42. The Balaban J connectivity index is 1.39. The highest BCUT2D eigenvalue weighted by molar-refractivity contribution is 7.88. The zero-order valence-electron chi connectivity index (χ0n) is 34.3. The molecule has 318 valence electrons. The van der Waals surface area contributed by atoms with Crippen molar-refractivity contribution in [1.29, 1.82) is 0 Å². The van der Waals surface area contributed by atoms with E-state index in [2.05, 4.69) is 0 Å². The average molecular weight is 860 g/mol. The van der Waals surface area contributed by atoms with E-state index in [9.17, 15) is 31.2 Å². The monoisotopic (exact) mass is 859 g/mol. The first-order valence-electron chi connectivity index (χ1n) is 19.3. The van der Waals surface area contributed by atoms with Crippen molar-refractivity contribution < 1.29 is 40.0 Å². The van der Waals surface area contributed by atoms with Crippen LogP contribution in [0.25, 0.3) is 0 Å². The van der Waals surface area contributed by atoms with Gasteiger partial charge in [-0.2, -0.15) is 13.0 Å². The van der Waals surface area contributed by atoms with Crippen molar-refractivity contribution in [2.45, 2.75) is 75.1 Å². The first-order valence-corrected chi connectivity index (χ1v) is 22.5. The van der Waals surface area contributed by atoms with Gasteiger partial charge in [-0.3, -0.25) is 13.5 Å². The number of hydrogen-bond acceptors (Lipinski definition) is 11. The molecule has 60 heavy (non-hydrogen) atoms. The second-order valence-corrected chi connectivity index (χ2v) is 19.3. The second-order valence-electron chi connectivity index (χ2n) is 15.6. The predicted molar refractivity (Wildman–Crippen MR) is 225 cm³/mol. The van der Waals surface area contributed by atoms with E-state index in [-0.39, 0.29) is 30.0 Å². The van der Waals surface area contributed by atoms with Crippen molar-refractivity contribution >= 4 is 26.2 Å². The molecular weight excluding hydrogens is 811 g/mol. The molecule has 0 unspecified atom stereocenters. The number of hydrogen-bond donors (Lipinski definition) is 0. The molecule has 3 atom stereocenters. The molecule has 1 aromatic heterocycles. The fraction of sp³-hybridized carbons (Fsp3) is 0.341. The van der Waals surface area contributed by atoms with Gasteiger partial charge in [-0.15, -0.1) is 0 Å². The average Bonchev–Trinajstić information content (AvgIpc) is 3.60. The fourth-order valence-electron chi connectivity index (χ4n) is 6.96. The lowest BCUT2D eigenvalue weighted by Gasteiger charge is -2.37. The molecule has 1 aliphatic rings. The van der Waals surface area contributed by atoms with Gasteiger partial charge in [0.25, 0.3) is 15.7 Å². The molecule has 1 saturated heterocycles. The highest BCUT2D eigenvalue weighted by Crippen LogP contribution is 2.42. The van der Waals surface area contributed by atoms with Crippen LogP contribution in [0.3, 0.4) is 0 Å². The lowest BCUT2D eigenvalue weighted by molar-refractivity contribution is -0.0913. The minimum atomic E-state index is -4.49. The highest BCUT2D eigenvalue weighted by Gasteiger charge is 2.45. The molecule has 0 amide bonds. The van der Waals surface area contributed by atoms with E-state index >= 15 is 0 Å². The van der Waals surface area contributed by atoms with E-state index in [1.54, 1.807) is 32.9 Å². The summed E-state index contributed by atoms with van der Waals surface area (Å²) in [6, 6.07) is 34.5. The molecule has 5 aromatic rings. The maximum atomic E-state index is 14.0. The summed E-state index contributed by atoms with van der Waals surface area (Å²) in [5, 5.41) is 0. The topological polar surface area (TPSA) is 170 Å². The summed E-state index contributed by atoms with van der Waals surface area (Å²) in [6.07, 6.45) is -2.25. The maximum absolute atomic E-state index is 14.0. The molecule has 2 heterocycles. The molecule has 1 fully saturated rings. The lowest BCUT2D eigenvalue weighted by atomic mass is 9.80. The molecule has 0 spiro atoms. The maximum Gasteiger partial charge on any atom is 0.425 e. The van der Waals surface area contributed by atoms with E-state index in [4.69, 9.17) is 18.4 Å². The third kappa shape index (κ3) is 9.86. The van der Waals surface area contributed by atoms with E-state index < -0.39 is 67.1 Å². The minimum Gasteiger partial charge on any atom is -0.443 e. The van der Waals surface area contributed by atoms with Crippen LogP contribution in [0.4, 0.5) is 4.79 Å². The Labute approximate surface area is 350 Å². The Bertz CT molecular complexity index is 2530. The first-order chi connectivity index (χ1) is 28.3. The number of aryl methyl sites for hydroxylation is 1. The SMILES string of the molecule is Cc1cn([C@H]2C[C@@H](OS(=O)(=O)c3ccc(CCN(C)S(C)(=O)=O)cc3)[C@@H](COC(c3ccccc3)(c3ccccc3)c3ccccc3)O2)c(=O)n(C(=O)OC(C)(C)C)c1=O. The van der Waals surface area contributed by atoms with E-state index in [0.29, 0.717) is 16.6 Å². The Morgan fingerprint density at radius 3 is 1.82 bits per heavy atom. The zero-order chi connectivity index (χ0) is 43.5. The van der Waals surface area contributed by atoms with Gasteiger partial charge >= 0.3 is 11.8 Å². The summed E-state index contributed by atoms with van der Waals surface area (Å²) in [4.78, 5) is 40.1. The molecule has 0 saturated carbocycles. The van der Waals surface area contributed by atoms with Crippen molar-refractivity contribution in [3.8, 4) is 0 Å². The standard InChI is InChI=1S/C44H49N3O11S2/c1-31-29-46(41(49)47(40(31)48)42(50)57-43(2,3)4)39-28-37(58-60(53,54)36-24-22-32(23-25-36)26-27-45(5)59(6,51)52)38(56-39)30-55-44(33-16-10-7-11-17-33,34-18-12-8-13-19-34)35-20-14-9-15-21-35/h7-25,29,37-39H,26-28,30H2,1-6H3/t37-,38-,39-/m1/s1. The summed E-state index contributed by atoms with van der Waals surface area (Å²) >= 11 is 0. The van der Waals surface area contributed by atoms with Crippen molar-refractivity contribution in [1.82, 2.24) is 13.4 Å². The van der Waals surface area contributed by atoms with Crippen molar-refractivity contribution in [2.24, 2.45) is 0 Å². The number of benzene rings is 4. The number of carbonyl (C=O) groups excluding carboxylic acids is 1. The molecule has 6 rings (SSSR count). The Kier molecular flexibility index (Phi) is 13.1. The molecule has 0 N–H and O–H groups in total. The van der Waals surface area contributed by atoms with Gasteiger partial charge in [-0.05, 0) is 68.5 Å². The molecule has 0 radical (unpaired) electrons.